The Kier molecular flexibility index (Phi) is 8.12. The monoisotopic (exact) mass is 385 g/mol. The zero-order chi connectivity index (χ0) is 19.5. The average molecular weight is 385 g/mol. The van der Waals surface area contributed by atoms with Gasteiger partial charge in [0.1, 0.15) is 11.5 Å². The SMILES string of the molecule is CCOc1ccccc1/C=C/C(=O)NNC(=S)NCc1ccc(OC)cc1. The van der Waals surface area contributed by atoms with Gasteiger partial charge in [0.25, 0.3) is 5.91 Å². The van der Waals surface area contributed by atoms with Crippen molar-refractivity contribution < 1.29 is 14.3 Å². The summed E-state index contributed by atoms with van der Waals surface area (Å²) < 4.78 is 10.6. The lowest BCUT2D eigenvalue weighted by atomic mass is 10.2. The molecule has 0 heterocycles. The van der Waals surface area contributed by atoms with Gasteiger partial charge in [0.2, 0.25) is 0 Å². The number of hydrogen-bond acceptors (Lipinski definition) is 4. The maximum atomic E-state index is 11.9. The summed E-state index contributed by atoms with van der Waals surface area (Å²) in [5.41, 5.74) is 7.05. The fourth-order valence-electron chi connectivity index (χ4n) is 2.20. The first-order valence-corrected chi connectivity index (χ1v) is 8.90. The van der Waals surface area contributed by atoms with Crippen LogP contribution in [0, 0.1) is 0 Å². The molecule has 7 heteroatoms. The highest BCUT2D eigenvalue weighted by molar-refractivity contribution is 7.80. The molecule has 0 fully saturated rings. The van der Waals surface area contributed by atoms with Crippen molar-refractivity contribution in [2.75, 3.05) is 13.7 Å². The Morgan fingerprint density at radius 3 is 2.56 bits per heavy atom. The summed E-state index contributed by atoms with van der Waals surface area (Å²) in [4.78, 5) is 11.9. The van der Waals surface area contributed by atoms with Crippen LogP contribution in [0.1, 0.15) is 18.1 Å². The van der Waals surface area contributed by atoms with Crippen molar-refractivity contribution in [2.24, 2.45) is 0 Å². The van der Waals surface area contributed by atoms with Crippen molar-refractivity contribution in [2.45, 2.75) is 13.5 Å². The smallest absolute Gasteiger partial charge is 0.262 e. The van der Waals surface area contributed by atoms with Crippen LogP contribution in [0.5, 0.6) is 11.5 Å². The number of ether oxygens (including phenoxy) is 2. The van der Waals surface area contributed by atoms with E-state index < -0.39 is 0 Å². The molecule has 0 unspecified atom stereocenters. The minimum absolute atomic E-state index is 0.322. The molecule has 0 aliphatic heterocycles. The van der Waals surface area contributed by atoms with E-state index in [4.69, 9.17) is 21.7 Å². The molecule has 2 rings (SSSR count). The third kappa shape index (κ3) is 6.99. The van der Waals surface area contributed by atoms with Crippen LogP contribution in [0.2, 0.25) is 0 Å². The predicted molar refractivity (Wildman–Crippen MR) is 110 cm³/mol. The number of hydrogen-bond donors (Lipinski definition) is 3. The predicted octanol–water partition coefficient (Wildman–Crippen LogP) is 2.80. The molecule has 0 atom stereocenters. The van der Waals surface area contributed by atoms with Crippen LogP contribution in [0.3, 0.4) is 0 Å². The Morgan fingerprint density at radius 2 is 1.85 bits per heavy atom. The number of thiocarbonyl (C=S) groups is 1. The van der Waals surface area contributed by atoms with E-state index in [1.807, 2.05) is 55.5 Å². The largest absolute Gasteiger partial charge is 0.497 e. The van der Waals surface area contributed by atoms with Crippen LogP contribution < -0.4 is 25.6 Å². The van der Waals surface area contributed by atoms with Crippen molar-refractivity contribution in [1.29, 1.82) is 0 Å². The van der Waals surface area contributed by atoms with Crippen molar-refractivity contribution in [3.63, 3.8) is 0 Å². The molecule has 3 N–H and O–H groups in total. The summed E-state index contributed by atoms with van der Waals surface area (Å²) in [7, 11) is 1.62. The minimum atomic E-state index is -0.324. The van der Waals surface area contributed by atoms with Crippen molar-refractivity contribution in [3.8, 4) is 11.5 Å². The van der Waals surface area contributed by atoms with Gasteiger partial charge in [-0.3, -0.25) is 15.6 Å². The lowest BCUT2D eigenvalue weighted by Crippen LogP contribution is -2.45. The number of methoxy groups -OCH3 is 1. The maximum Gasteiger partial charge on any atom is 0.262 e. The lowest BCUT2D eigenvalue weighted by molar-refractivity contribution is -0.116. The Labute approximate surface area is 164 Å². The molecule has 0 radical (unpaired) electrons. The molecule has 27 heavy (non-hydrogen) atoms. The topological polar surface area (TPSA) is 71.6 Å². The second-order valence-corrected chi connectivity index (χ2v) is 5.86. The van der Waals surface area contributed by atoms with Crippen LogP contribution in [0.15, 0.2) is 54.6 Å². The number of hydrazine groups is 1. The summed E-state index contributed by atoms with van der Waals surface area (Å²) >= 11 is 5.15. The van der Waals surface area contributed by atoms with Gasteiger partial charge in [0, 0.05) is 18.2 Å². The van der Waals surface area contributed by atoms with Gasteiger partial charge in [-0.05, 0) is 49.0 Å². The lowest BCUT2D eigenvalue weighted by Gasteiger charge is -2.11. The minimum Gasteiger partial charge on any atom is -0.497 e. The van der Waals surface area contributed by atoms with Crippen molar-refractivity contribution >= 4 is 29.3 Å². The third-order valence-electron chi connectivity index (χ3n) is 3.54. The molecule has 6 nitrogen and oxygen atoms in total. The van der Waals surface area contributed by atoms with E-state index in [-0.39, 0.29) is 5.91 Å². The van der Waals surface area contributed by atoms with E-state index in [0.717, 1.165) is 22.6 Å². The van der Waals surface area contributed by atoms with E-state index in [2.05, 4.69) is 16.2 Å². The molecule has 0 saturated carbocycles. The molecule has 0 spiro atoms. The second kappa shape index (κ2) is 10.8. The van der Waals surface area contributed by atoms with Crippen LogP contribution in [-0.4, -0.2) is 24.7 Å². The highest BCUT2D eigenvalue weighted by Gasteiger charge is 2.01. The first-order chi connectivity index (χ1) is 13.1. The van der Waals surface area contributed by atoms with Crippen LogP contribution >= 0.6 is 12.2 Å². The Balaban J connectivity index is 1.76. The number of amides is 1. The summed E-state index contributed by atoms with van der Waals surface area (Å²) in [6.45, 7) is 3.01. The highest BCUT2D eigenvalue weighted by Crippen LogP contribution is 2.19. The Morgan fingerprint density at radius 1 is 1.11 bits per heavy atom. The molecule has 0 bridgehead atoms. The van der Waals surface area contributed by atoms with Gasteiger partial charge in [-0.2, -0.15) is 0 Å². The average Bonchev–Trinajstić information content (AvgIpc) is 2.70. The van der Waals surface area contributed by atoms with Gasteiger partial charge in [-0.1, -0.05) is 30.3 Å². The number of nitrogens with one attached hydrogen (secondary N) is 3. The van der Waals surface area contributed by atoms with E-state index in [0.29, 0.717) is 18.3 Å². The second-order valence-electron chi connectivity index (χ2n) is 5.45. The van der Waals surface area contributed by atoms with Crippen LogP contribution in [0.4, 0.5) is 0 Å². The van der Waals surface area contributed by atoms with Gasteiger partial charge in [-0.15, -0.1) is 0 Å². The normalized spacial score (nSPS) is 10.3. The molecule has 0 aliphatic rings. The van der Waals surface area contributed by atoms with Gasteiger partial charge < -0.3 is 14.8 Å². The fourth-order valence-corrected chi connectivity index (χ4v) is 2.32. The number of benzene rings is 2. The van der Waals surface area contributed by atoms with E-state index in [1.54, 1.807) is 13.2 Å². The van der Waals surface area contributed by atoms with Crippen molar-refractivity contribution in [1.82, 2.24) is 16.2 Å². The van der Waals surface area contributed by atoms with Crippen molar-refractivity contribution in [3.05, 3.63) is 65.7 Å². The van der Waals surface area contributed by atoms with Gasteiger partial charge >= 0.3 is 0 Å². The number of rotatable bonds is 7. The Hall–Kier alpha value is -3.06. The molecular formula is C20H23N3O3S. The molecule has 1 amide bonds. The first-order valence-electron chi connectivity index (χ1n) is 8.49. The van der Waals surface area contributed by atoms with Crippen LogP contribution in [-0.2, 0) is 11.3 Å². The first kappa shape index (κ1) is 20.3. The zero-order valence-electron chi connectivity index (χ0n) is 15.3. The summed E-state index contributed by atoms with van der Waals surface area (Å²) in [5, 5.41) is 3.33. The maximum absolute atomic E-state index is 11.9. The fraction of sp³-hybridized carbons (Fsp3) is 0.200. The van der Waals surface area contributed by atoms with E-state index in [1.165, 1.54) is 6.08 Å². The third-order valence-corrected chi connectivity index (χ3v) is 3.79. The van der Waals surface area contributed by atoms with Gasteiger partial charge in [0.15, 0.2) is 5.11 Å². The number of carbonyl (C=O) groups excluding carboxylic acids is 1. The number of carbonyl (C=O) groups is 1. The summed E-state index contributed by atoms with van der Waals surface area (Å²) in [5.74, 6) is 1.20. The summed E-state index contributed by atoms with van der Waals surface area (Å²) in [6, 6.07) is 15.1. The highest BCUT2D eigenvalue weighted by atomic mass is 32.1. The van der Waals surface area contributed by atoms with E-state index >= 15 is 0 Å². The molecule has 2 aromatic rings. The molecule has 142 valence electrons. The Bertz CT molecular complexity index is 791. The number of para-hydroxylation sites is 1. The van der Waals surface area contributed by atoms with Gasteiger partial charge in [-0.25, -0.2) is 0 Å². The standard InChI is InChI=1S/C20H23N3O3S/c1-3-26-18-7-5-4-6-16(18)10-13-19(24)22-23-20(27)21-14-15-8-11-17(25-2)12-9-15/h4-13H,3,14H2,1-2H3,(H,22,24)(H2,21,23,27)/b13-10+. The molecule has 0 aromatic heterocycles. The van der Waals surface area contributed by atoms with Gasteiger partial charge in [0.05, 0.1) is 13.7 Å². The molecule has 0 aliphatic carbocycles. The summed E-state index contributed by atoms with van der Waals surface area (Å²) in [6.07, 6.45) is 3.10. The van der Waals surface area contributed by atoms with Crippen LogP contribution in [0.25, 0.3) is 6.08 Å². The quantitative estimate of drug-likeness (QED) is 0.387. The molecule has 2 aromatic carbocycles. The molecular weight excluding hydrogens is 362 g/mol. The zero-order valence-corrected chi connectivity index (χ0v) is 16.1. The molecule has 0 saturated heterocycles. The van der Waals surface area contributed by atoms with E-state index in [9.17, 15) is 4.79 Å².